The molecule has 144 valence electrons. The third-order valence-electron chi connectivity index (χ3n) is 4.58. The smallest absolute Gasteiger partial charge is 0.269 e. The topological polar surface area (TPSA) is 127 Å². The lowest BCUT2D eigenvalue weighted by Gasteiger charge is -2.07. The van der Waals surface area contributed by atoms with Crippen molar-refractivity contribution in [2.75, 3.05) is 12.4 Å². The Morgan fingerprint density at radius 2 is 1.66 bits per heavy atom. The number of benzene rings is 2. The summed E-state index contributed by atoms with van der Waals surface area (Å²) in [5.74, 6) is -1.84. The average Bonchev–Trinajstić information content (AvgIpc) is 3.29. The van der Waals surface area contributed by atoms with Gasteiger partial charge in [-0.1, -0.05) is 0 Å². The highest BCUT2D eigenvalue weighted by Crippen LogP contribution is 2.23. The molecule has 0 unspecified atom stereocenters. The SMILES string of the molecule is CN1C(=O)c2ccc(C(=O)Nc3ccc(-n4ccc(C(N)=O)n4)cc3)cc2C1=O. The van der Waals surface area contributed by atoms with Crippen LogP contribution >= 0.6 is 0 Å². The fourth-order valence-electron chi connectivity index (χ4n) is 3.00. The van der Waals surface area contributed by atoms with E-state index in [2.05, 4.69) is 10.4 Å². The van der Waals surface area contributed by atoms with Crippen LogP contribution in [0.15, 0.2) is 54.7 Å². The van der Waals surface area contributed by atoms with Gasteiger partial charge in [0, 0.05) is 24.5 Å². The Labute approximate surface area is 164 Å². The fraction of sp³-hybridized carbons (Fsp3) is 0.0500. The number of nitrogens with zero attached hydrogens (tertiary/aromatic N) is 3. The van der Waals surface area contributed by atoms with Crippen LogP contribution in [0.3, 0.4) is 0 Å². The quantitative estimate of drug-likeness (QED) is 0.653. The van der Waals surface area contributed by atoms with Gasteiger partial charge in [0.1, 0.15) is 5.69 Å². The number of hydrogen-bond donors (Lipinski definition) is 2. The Balaban J connectivity index is 1.51. The molecule has 1 aliphatic heterocycles. The van der Waals surface area contributed by atoms with E-state index in [1.165, 1.54) is 36.0 Å². The predicted octanol–water partition coefficient (Wildman–Crippen LogP) is 1.45. The molecule has 9 heteroatoms. The number of rotatable bonds is 4. The Bertz CT molecular complexity index is 1180. The molecule has 29 heavy (non-hydrogen) atoms. The van der Waals surface area contributed by atoms with Crippen LogP contribution in [-0.4, -0.2) is 45.4 Å². The first-order chi connectivity index (χ1) is 13.8. The first-order valence-electron chi connectivity index (χ1n) is 8.59. The van der Waals surface area contributed by atoms with Gasteiger partial charge in [0.15, 0.2) is 0 Å². The average molecular weight is 389 g/mol. The summed E-state index contributed by atoms with van der Waals surface area (Å²) in [6, 6.07) is 12.7. The van der Waals surface area contributed by atoms with Crippen molar-refractivity contribution in [3.05, 3.63) is 77.1 Å². The lowest BCUT2D eigenvalue weighted by atomic mass is 10.1. The van der Waals surface area contributed by atoms with E-state index in [4.69, 9.17) is 5.73 Å². The van der Waals surface area contributed by atoms with Gasteiger partial charge in [-0.15, -0.1) is 0 Å². The van der Waals surface area contributed by atoms with Crippen LogP contribution in [-0.2, 0) is 0 Å². The van der Waals surface area contributed by atoms with Gasteiger partial charge in [-0.2, -0.15) is 5.10 Å². The second kappa shape index (κ2) is 6.71. The van der Waals surface area contributed by atoms with Crippen LogP contribution in [0.1, 0.15) is 41.6 Å². The lowest BCUT2D eigenvalue weighted by molar-refractivity contribution is 0.0692. The molecule has 4 rings (SSSR count). The number of fused-ring (bicyclic) bond motifs is 1. The van der Waals surface area contributed by atoms with E-state index >= 15 is 0 Å². The first kappa shape index (κ1) is 18.1. The van der Waals surface area contributed by atoms with Crippen molar-refractivity contribution in [1.29, 1.82) is 0 Å². The maximum atomic E-state index is 12.5. The molecule has 0 fully saturated rings. The zero-order valence-corrected chi connectivity index (χ0v) is 15.2. The standard InChI is InChI=1S/C20H15N5O4/c1-24-19(28)14-7-2-11(10-15(14)20(24)29)18(27)22-12-3-5-13(6-4-12)25-9-8-16(23-25)17(21)26/h2-10H,1H3,(H2,21,26)(H,22,27). The summed E-state index contributed by atoms with van der Waals surface area (Å²) in [7, 11) is 1.40. The van der Waals surface area contributed by atoms with Crippen LogP contribution in [0.4, 0.5) is 5.69 Å². The number of primary amides is 1. The van der Waals surface area contributed by atoms with Gasteiger partial charge in [0.05, 0.1) is 16.8 Å². The van der Waals surface area contributed by atoms with Crippen molar-refractivity contribution in [2.45, 2.75) is 0 Å². The molecule has 4 amide bonds. The van der Waals surface area contributed by atoms with Crippen molar-refractivity contribution >= 4 is 29.3 Å². The van der Waals surface area contributed by atoms with Crippen LogP contribution in [0, 0.1) is 0 Å². The normalized spacial score (nSPS) is 12.8. The van der Waals surface area contributed by atoms with Crippen molar-refractivity contribution in [1.82, 2.24) is 14.7 Å². The van der Waals surface area contributed by atoms with Crippen molar-refractivity contribution in [3.8, 4) is 5.69 Å². The minimum absolute atomic E-state index is 0.151. The van der Waals surface area contributed by atoms with E-state index in [1.807, 2.05) is 0 Å². The van der Waals surface area contributed by atoms with Crippen LogP contribution in [0.25, 0.3) is 5.69 Å². The summed E-state index contributed by atoms with van der Waals surface area (Å²) < 4.78 is 1.49. The lowest BCUT2D eigenvalue weighted by Crippen LogP contribution is -2.24. The summed E-state index contributed by atoms with van der Waals surface area (Å²) >= 11 is 0. The Morgan fingerprint density at radius 3 is 2.31 bits per heavy atom. The number of anilines is 1. The third kappa shape index (κ3) is 3.14. The van der Waals surface area contributed by atoms with Gasteiger partial charge in [-0.3, -0.25) is 24.1 Å². The highest BCUT2D eigenvalue weighted by Gasteiger charge is 2.33. The van der Waals surface area contributed by atoms with Gasteiger partial charge < -0.3 is 11.1 Å². The molecule has 0 spiro atoms. The number of carbonyl (C=O) groups is 4. The number of aromatic nitrogens is 2. The Kier molecular flexibility index (Phi) is 4.19. The molecular formula is C20H15N5O4. The second-order valence-corrected chi connectivity index (χ2v) is 6.44. The van der Waals surface area contributed by atoms with Gasteiger partial charge in [-0.25, -0.2) is 4.68 Å². The van der Waals surface area contributed by atoms with Crippen molar-refractivity contribution < 1.29 is 19.2 Å². The summed E-state index contributed by atoms with van der Waals surface area (Å²) in [5.41, 5.74) is 7.32. The molecule has 0 atom stereocenters. The maximum Gasteiger partial charge on any atom is 0.269 e. The highest BCUT2D eigenvalue weighted by atomic mass is 16.2. The van der Waals surface area contributed by atoms with Crippen LogP contribution in [0.2, 0.25) is 0 Å². The monoisotopic (exact) mass is 389 g/mol. The summed E-state index contributed by atoms with van der Waals surface area (Å²) in [5, 5.41) is 6.80. The van der Waals surface area contributed by atoms with Gasteiger partial charge >= 0.3 is 0 Å². The molecule has 1 aliphatic rings. The van der Waals surface area contributed by atoms with Gasteiger partial charge in [0.2, 0.25) is 0 Å². The Hall–Kier alpha value is -4.27. The molecule has 2 heterocycles. The molecule has 0 bridgehead atoms. The molecule has 9 nitrogen and oxygen atoms in total. The summed E-state index contributed by atoms with van der Waals surface area (Å²) in [6.07, 6.45) is 1.60. The molecule has 3 aromatic rings. The van der Waals surface area contributed by atoms with E-state index < -0.39 is 17.7 Å². The maximum absolute atomic E-state index is 12.5. The first-order valence-corrected chi connectivity index (χ1v) is 8.59. The molecule has 2 aromatic carbocycles. The highest BCUT2D eigenvalue weighted by molar-refractivity contribution is 6.22. The zero-order chi connectivity index (χ0) is 20.7. The van der Waals surface area contributed by atoms with Crippen LogP contribution < -0.4 is 11.1 Å². The number of hydrogen-bond acceptors (Lipinski definition) is 5. The van der Waals surface area contributed by atoms with E-state index in [0.717, 1.165) is 4.90 Å². The minimum Gasteiger partial charge on any atom is -0.364 e. The number of nitrogens with two attached hydrogens (primary N) is 1. The summed E-state index contributed by atoms with van der Waals surface area (Å²) in [4.78, 5) is 48.7. The molecule has 0 saturated heterocycles. The molecule has 3 N–H and O–H groups in total. The van der Waals surface area contributed by atoms with Gasteiger partial charge in [-0.05, 0) is 48.5 Å². The minimum atomic E-state index is -0.617. The van der Waals surface area contributed by atoms with E-state index in [0.29, 0.717) is 11.4 Å². The van der Waals surface area contributed by atoms with E-state index in [9.17, 15) is 19.2 Å². The number of imide groups is 1. The molecule has 1 aromatic heterocycles. The predicted molar refractivity (Wildman–Crippen MR) is 103 cm³/mol. The fourth-order valence-corrected chi connectivity index (χ4v) is 3.00. The number of nitrogens with one attached hydrogen (secondary N) is 1. The van der Waals surface area contributed by atoms with Crippen LogP contribution in [0.5, 0.6) is 0 Å². The number of carbonyl (C=O) groups excluding carboxylic acids is 4. The largest absolute Gasteiger partial charge is 0.364 e. The summed E-state index contributed by atoms with van der Waals surface area (Å²) in [6.45, 7) is 0. The van der Waals surface area contributed by atoms with Crippen molar-refractivity contribution in [3.63, 3.8) is 0 Å². The van der Waals surface area contributed by atoms with E-state index in [-0.39, 0.29) is 28.3 Å². The molecular weight excluding hydrogens is 374 g/mol. The number of amides is 4. The Morgan fingerprint density at radius 1 is 0.966 bits per heavy atom. The zero-order valence-electron chi connectivity index (χ0n) is 15.2. The molecule has 0 radical (unpaired) electrons. The third-order valence-corrected chi connectivity index (χ3v) is 4.58. The van der Waals surface area contributed by atoms with E-state index in [1.54, 1.807) is 30.5 Å². The second-order valence-electron chi connectivity index (χ2n) is 6.44. The molecule has 0 saturated carbocycles. The van der Waals surface area contributed by atoms with Crippen molar-refractivity contribution in [2.24, 2.45) is 5.73 Å². The molecule has 0 aliphatic carbocycles. The van der Waals surface area contributed by atoms with Gasteiger partial charge in [0.25, 0.3) is 23.6 Å².